The maximum atomic E-state index is 12.6. The second kappa shape index (κ2) is 5.79. The Morgan fingerprint density at radius 2 is 1.95 bits per heavy atom. The topological polar surface area (TPSA) is 49.4 Å². The summed E-state index contributed by atoms with van der Waals surface area (Å²) in [4.78, 5) is 0.195. The molecule has 2 rings (SSSR count). The molecule has 1 aromatic carbocycles. The summed E-state index contributed by atoms with van der Waals surface area (Å²) in [6.07, 6.45) is 1.67. The van der Waals surface area contributed by atoms with Crippen molar-refractivity contribution < 1.29 is 8.42 Å². The second-order valence-corrected chi connectivity index (χ2v) is 7.31. The molecule has 0 saturated carbocycles. The zero-order valence-corrected chi connectivity index (χ0v) is 12.8. The number of sulfonamides is 1. The number of aryl methyl sites for hydroxylation is 1. The summed E-state index contributed by atoms with van der Waals surface area (Å²) >= 11 is 6.08. The van der Waals surface area contributed by atoms with E-state index in [0.29, 0.717) is 5.02 Å². The van der Waals surface area contributed by atoms with Crippen molar-refractivity contribution in [2.24, 2.45) is 0 Å². The highest BCUT2D eigenvalue weighted by Crippen LogP contribution is 2.27. The highest BCUT2D eigenvalue weighted by molar-refractivity contribution is 7.89. The van der Waals surface area contributed by atoms with Crippen LogP contribution in [0.2, 0.25) is 5.02 Å². The third-order valence-electron chi connectivity index (χ3n) is 3.57. The van der Waals surface area contributed by atoms with Gasteiger partial charge in [-0.2, -0.15) is 4.31 Å². The van der Waals surface area contributed by atoms with Gasteiger partial charge < -0.3 is 5.32 Å². The molecule has 0 atom stereocenters. The van der Waals surface area contributed by atoms with Crippen LogP contribution in [0.15, 0.2) is 23.1 Å². The molecule has 19 heavy (non-hydrogen) atoms. The van der Waals surface area contributed by atoms with Crippen molar-refractivity contribution in [1.82, 2.24) is 9.62 Å². The Kier molecular flexibility index (Phi) is 4.50. The average molecular weight is 303 g/mol. The molecule has 0 aliphatic carbocycles. The standard InChI is InChI=1S/C13H19ClN2O2S/c1-10-3-4-13(12(14)9-10)19(17,18)16(2)11-5-7-15-8-6-11/h3-4,9,11,15H,5-8H2,1-2H3. The average Bonchev–Trinajstić information content (AvgIpc) is 2.38. The van der Waals surface area contributed by atoms with Crippen molar-refractivity contribution in [3.8, 4) is 0 Å². The highest BCUT2D eigenvalue weighted by atomic mass is 35.5. The van der Waals surface area contributed by atoms with E-state index in [1.165, 1.54) is 4.31 Å². The minimum absolute atomic E-state index is 0.0450. The van der Waals surface area contributed by atoms with Crippen LogP contribution in [0.1, 0.15) is 18.4 Å². The third-order valence-corrected chi connectivity index (χ3v) is 5.96. The van der Waals surface area contributed by atoms with Crippen molar-refractivity contribution in [3.05, 3.63) is 28.8 Å². The fourth-order valence-corrected chi connectivity index (χ4v) is 4.32. The maximum Gasteiger partial charge on any atom is 0.244 e. The second-order valence-electron chi connectivity index (χ2n) is 4.94. The van der Waals surface area contributed by atoms with Crippen molar-refractivity contribution in [2.75, 3.05) is 20.1 Å². The molecule has 0 amide bonds. The fraction of sp³-hybridized carbons (Fsp3) is 0.538. The minimum Gasteiger partial charge on any atom is -0.317 e. The molecule has 1 aromatic rings. The number of nitrogens with one attached hydrogen (secondary N) is 1. The Morgan fingerprint density at radius 1 is 1.32 bits per heavy atom. The molecule has 6 heteroatoms. The highest BCUT2D eigenvalue weighted by Gasteiger charge is 2.30. The quantitative estimate of drug-likeness (QED) is 0.929. The molecular weight excluding hydrogens is 284 g/mol. The van der Waals surface area contributed by atoms with Gasteiger partial charge in [0.05, 0.1) is 5.02 Å². The van der Waals surface area contributed by atoms with Gasteiger partial charge in [0.1, 0.15) is 4.90 Å². The van der Waals surface area contributed by atoms with E-state index >= 15 is 0 Å². The van der Waals surface area contributed by atoms with Gasteiger partial charge in [-0.1, -0.05) is 17.7 Å². The number of piperidine rings is 1. The van der Waals surface area contributed by atoms with Gasteiger partial charge in [0, 0.05) is 13.1 Å². The largest absolute Gasteiger partial charge is 0.317 e. The number of halogens is 1. The first kappa shape index (κ1) is 14.8. The van der Waals surface area contributed by atoms with E-state index in [0.717, 1.165) is 31.5 Å². The summed E-state index contributed by atoms with van der Waals surface area (Å²) in [7, 11) is -1.87. The number of hydrogen-bond donors (Lipinski definition) is 1. The predicted octanol–water partition coefficient (Wildman–Crippen LogP) is 2.02. The number of hydrogen-bond acceptors (Lipinski definition) is 3. The summed E-state index contributed by atoms with van der Waals surface area (Å²) in [6, 6.07) is 5.09. The summed E-state index contributed by atoms with van der Waals surface area (Å²) in [5.74, 6) is 0. The van der Waals surface area contributed by atoms with Crippen molar-refractivity contribution >= 4 is 21.6 Å². The molecule has 0 spiro atoms. The molecule has 4 nitrogen and oxygen atoms in total. The monoisotopic (exact) mass is 302 g/mol. The van der Waals surface area contributed by atoms with Crippen LogP contribution in [0.25, 0.3) is 0 Å². The minimum atomic E-state index is -3.51. The third kappa shape index (κ3) is 3.11. The number of nitrogens with zero attached hydrogens (tertiary/aromatic N) is 1. The Balaban J connectivity index is 2.30. The lowest BCUT2D eigenvalue weighted by Crippen LogP contribution is -2.43. The molecule has 1 saturated heterocycles. The van der Waals surface area contributed by atoms with Crippen LogP contribution >= 0.6 is 11.6 Å². The van der Waals surface area contributed by atoms with Gasteiger partial charge in [0.2, 0.25) is 10.0 Å². The smallest absolute Gasteiger partial charge is 0.244 e. The van der Waals surface area contributed by atoms with Gasteiger partial charge >= 0.3 is 0 Å². The van der Waals surface area contributed by atoms with E-state index in [1.807, 2.05) is 6.92 Å². The zero-order chi connectivity index (χ0) is 14.0. The number of rotatable bonds is 3. The van der Waals surface area contributed by atoms with Crippen molar-refractivity contribution in [1.29, 1.82) is 0 Å². The molecule has 1 N–H and O–H groups in total. The summed E-state index contributed by atoms with van der Waals surface area (Å²) in [5, 5.41) is 3.52. The van der Waals surface area contributed by atoms with E-state index in [4.69, 9.17) is 11.6 Å². The van der Waals surface area contributed by atoms with E-state index in [1.54, 1.807) is 25.2 Å². The van der Waals surface area contributed by atoms with Crippen LogP contribution in [0.5, 0.6) is 0 Å². The Bertz CT molecular complexity index is 554. The predicted molar refractivity (Wildman–Crippen MR) is 77.0 cm³/mol. The van der Waals surface area contributed by atoms with Crippen molar-refractivity contribution in [3.63, 3.8) is 0 Å². The van der Waals surface area contributed by atoms with Crippen LogP contribution in [0, 0.1) is 6.92 Å². The molecule has 1 aliphatic heterocycles. The first-order chi connectivity index (χ1) is 8.93. The van der Waals surface area contributed by atoms with Crippen LogP contribution < -0.4 is 5.32 Å². The molecule has 1 fully saturated rings. The van der Waals surface area contributed by atoms with Crippen LogP contribution in [-0.2, 0) is 10.0 Å². The van der Waals surface area contributed by atoms with Gasteiger partial charge in [0.25, 0.3) is 0 Å². The van der Waals surface area contributed by atoms with E-state index < -0.39 is 10.0 Å². The summed E-state index contributed by atoms with van der Waals surface area (Å²) in [5.41, 5.74) is 0.952. The van der Waals surface area contributed by atoms with Gasteiger partial charge in [0.15, 0.2) is 0 Å². The van der Waals surface area contributed by atoms with Crippen LogP contribution in [-0.4, -0.2) is 38.9 Å². The summed E-state index contributed by atoms with van der Waals surface area (Å²) < 4.78 is 26.6. The fourth-order valence-electron chi connectivity index (χ4n) is 2.34. The normalized spacial score (nSPS) is 17.9. The van der Waals surface area contributed by atoms with E-state index in [2.05, 4.69) is 5.32 Å². The van der Waals surface area contributed by atoms with Gasteiger partial charge in [-0.05, 0) is 50.6 Å². The SMILES string of the molecule is Cc1ccc(S(=O)(=O)N(C)C2CCNCC2)c(Cl)c1. The van der Waals surface area contributed by atoms with Crippen LogP contribution in [0.3, 0.4) is 0 Å². The van der Waals surface area contributed by atoms with Gasteiger partial charge in [-0.25, -0.2) is 8.42 Å². The lowest BCUT2D eigenvalue weighted by Gasteiger charge is -2.31. The summed E-state index contributed by atoms with van der Waals surface area (Å²) in [6.45, 7) is 3.59. The molecule has 0 aromatic heterocycles. The maximum absolute atomic E-state index is 12.6. The van der Waals surface area contributed by atoms with Gasteiger partial charge in [-0.15, -0.1) is 0 Å². The first-order valence-electron chi connectivity index (χ1n) is 6.38. The molecular formula is C13H19ClN2O2S. The Morgan fingerprint density at radius 3 is 2.53 bits per heavy atom. The lowest BCUT2D eigenvalue weighted by molar-refractivity contribution is 0.296. The Labute approximate surface area is 119 Å². The molecule has 1 heterocycles. The molecule has 106 valence electrons. The first-order valence-corrected chi connectivity index (χ1v) is 8.19. The van der Waals surface area contributed by atoms with Gasteiger partial charge in [-0.3, -0.25) is 0 Å². The van der Waals surface area contributed by atoms with Crippen LogP contribution in [0.4, 0.5) is 0 Å². The lowest BCUT2D eigenvalue weighted by atomic mass is 10.1. The molecule has 1 aliphatic rings. The molecule has 0 bridgehead atoms. The zero-order valence-electron chi connectivity index (χ0n) is 11.2. The number of benzene rings is 1. The molecule has 0 unspecified atom stereocenters. The van der Waals surface area contributed by atoms with Crippen molar-refractivity contribution in [2.45, 2.75) is 30.7 Å². The van der Waals surface area contributed by atoms with E-state index in [-0.39, 0.29) is 10.9 Å². The molecule has 0 radical (unpaired) electrons. The Hall–Kier alpha value is -0.620. The van der Waals surface area contributed by atoms with E-state index in [9.17, 15) is 8.42 Å².